The summed E-state index contributed by atoms with van der Waals surface area (Å²) in [6.45, 7) is 3.93. The van der Waals surface area contributed by atoms with Gasteiger partial charge in [-0.1, -0.05) is 19.9 Å². The Hall–Kier alpha value is -1.25. The van der Waals surface area contributed by atoms with Gasteiger partial charge in [0.15, 0.2) is 11.6 Å². The zero-order chi connectivity index (χ0) is 10.2. The summed E-state index contributed by atoms with van der Waals surface area (Å²) in [5.41, 5.74) is 0. The van der Waals surface area contributed by atoms with E-state index in [1.807, 2.05) is 13.8 Å². The lowest BCUT2D eigenvalue weighted by molar-refractivity contribution is -0.0854. The summed E-state index contributed by atoms with van der Waals surface area (Å²) in [7, 11) is 0. The molecule has 0 fully saturated rings. The molecule has 0 amide bonds. The van der Waals surface area contributed by atoms with Crippen LogP contribution in [0.3, 0.4) is 0 Å². The van der Waals surface area contributed by atoms with Crippen LogP contribution in [0.4, 0.5) is 4.39 Å². The van der Waals surface area contributed by atoms with Crippen LogP contribution in [0.1, 0.15) is 26.7 Å². The lowest BCUT2D eigenvalue weighted by Gasteiger charge is -2.24. The molecule has 0 N–H and O–H groups in total. The second-order valence-corrected chi connectivity index (χ2v) is 3.39. The maximum Gasteiger partial charge on any atom is 0.251 e. The summed E-state index contributed by atoms with van der Waals surface area (Å²) in [5.74, 6) is -0.263. The summed E-state index contributed by atoms with van der Waals surface area (Å²) in [5, 5.41) is 0. The van der Waals surface area contributed by atoms with Crippen molar-refractivity contribution in [2.45, 2.75) is 32.5 Å². The molecule has 0 unspecified atom stereocenters. The quantitative estimate of drug-likeness (QED) is 0.723. The Morgan fingerprint density at radius 2 is 1.93 bits per heavy atom. The third-order valence-corrected chi connectivity index (χ3v) is 2.59. The van der Waals surface area contributed by atoms with Crippen LogP contribution in [-0.4, -0.2) is 5.79 Å². The lowest BCUT2D eigenvalue weighted by Crippen LogP contribution is -2.36. The Morgan fingerprint density at radius 1 is 1.21 bits per heavy atom. The molecule has 0 aromatic heterocycles. The van der Waals surface area contributed by atoms with E-state index >= 15 is 0 Å². The lowest BCUT2D eigenvalue weighted by atomic mass is 10.1. The Balaban J connectivity index is 2.38. The maximum atomic E-state index is 13.3. The van der Waals surface area contributed by atoms with Crippen molar-refractivity contribution in [3.63, 3.8) is 0 Å². The van der Waals surface area contributed by atoms with Crippen molar-refractivity contribution in [3.8, 4) is 11.5 Å². The van der Waals surface area contributed by atoms with Crippen molar-refractivity contribution < 1.29 is 13.9 Å². The molecule has 14 heavy (non-hydrogen) atoms. The van der Waals surface area contributed by atoms with Gasteiger partial charge in [-0.3, -0.25) is 0 Å². The molecule has 1 aromatic carbocycles. The molecule has 3 heteroatoms. The van der Waals surface area contributed by atoms with Crippen LogP contribution >= 0.6 is 0 Å². The van der Waals surface area contributed by atoms with Crippen LogP contribution in [-0.2, 0) is 0 Å². The van der Waals surface area contributed by atoms with Crippen molar-refractivity contribution >= 4 is 0 Å². The van der Waals surface area contributed by atoms with Crippen molar-refractivity contribution in [3.05, 3.63) is 24.0 Å². The highest BCUT2D eigenvalue weighted by Crippen LogP contribution is 2.43. The van der Waals surface area contributed by atoms with Gasteiger partial charge in [0, 0.05) is 12.8 Å². The number of benzene rings is 1. The van der Waals surface area contributed by atoms with Gasteiger partial charge in [0.05, 0.1) is 0 Å². The van der Waals surface area contributed by atoms with Gasteiger partial charge in [-0.15, -0.1) is 0 Å². The predicted molar refractivity (Wildman–Crippen MR) is 51.0 cm³/mol. The van der Waals surface area contributed by atoms with E-state index in [0.717, 1.165) is 0 Å². The summed E-state index contributed by atoms with van der Waals surface area (Å²) in [4.78, 5) is 0. The number of hydrogen-bond acceptors (Lipinski definition) is 2. The first-order valence-corrected chi connectivity index (χ1v) is 4.87. The van der Waals surface area contributed by atoms with Crippen LogP contribution < -0.4 is 9.47 Å². The van der Waals surface area contributed by atoms with Gasteiger partial charge >= 0.3 is 0 Å². The van der Waals surface area contributed by atoms with Gasteiger partial charge in [-0.05, 0) is 12.1 Å². The van der Waals surface area contributed by atoms with Crippen LogP contribution in [0.2, 0.25) is 0 Å². The van der Waals surface area contributed by atoms with E-state index < -0.39 is 5.79 Å². The van der Waals surface area contributed by atoms with Crippen LogP contribution in [0.15, 0.2) is 18.2 Å². The first kappa shape index (κ1) is 9.31. The van der Waals surface area contributed by atoms with E-state index in [4.69, 9.17) is 9.47 Å². The molecule has 0 spiro atoms. The average molecular weight is 196 g/mol. The second-order valence-electron chi connectivity index (χ2n) is 3.39. The number of para-hydroxylation sites is 1. The summed E-state index contributed by atoms with van der Waals surface area (Å²) in [6, 6.07) is 4.73. The van der Waals surface area contributed by atoms with Crippen molar-refractivity contribution in [2.24, 2.45) is 0 Å². The fourth-order valence-corrected chi connectivity index (χ4v) is 1.61. The molecule has 1 aliphatic heterocycles. The minimum Gasteiger partial charge on any atom is -0.448 e. The summed E-state index contributed by atoms with van der Waals surface area (Å²) >= 11 is 0. The number of fused-ring (bicyclic) bond motifs is 1. The maximum absolute atomic E-state index is 13.3. The molecule has 1 heterocycles. The Kier molecular flexibility index (Phi) is 2.10. The monoisotopic (exact) mass is 196 g/mol. The molecule has 0 aliphatic carbocycles. The summed E-state index contributed by atoms with van der Waals surface area (Å²) < 4.78 is 24.4. The molecule has 76 valence electrons. The second kappa shape index (κ2) is 3.15. The molecular weight excluding hydrogens is 183 g/mol. The zero-order valence-corrected chi connectivity index (χ0v) is 8.34. The molecule has 2 nitrogen and oxygen atoms in total. The first-order chi connectivity index (χ1) is 6.71. The van der Waals surface area contributed by atoms with Gasteiger partial charge in [-0.25, -0.2) is 4.39 Å². The van der Waals surface area contributed by atoms with E-state index in [2.05, 4.69) is 0 Å². The minimum absolute atomic E-state index is 0.246. The smallest absolute Gasteiger partial charge is 0.251 e. The van der Waals surface area contributed by atoms with Gasteiger partial charge in [0.2, 0.25) is 5.75 Å². The molecule has 1 aromatic rings. The molecule has 0 radical (unpaired) electrons. The number of hydrogen-bond donors (Lipinski definition) is 0. The van der Waals surface area contributed by atoms with E-state index in [0.29, 0.717) is 18.6 Å². The molecule has 0 saturated carbocycles. The molecule has 1 aliphatic rings. The average Bonchev–Trinajstić information content (AvgIpc) is 2.59. The molecule has 0 bridgehead atoms. The van der Waals surface area contributed by atoms with Gasteiger partial charge < -0.3 is 9.47 Å². The SMILES string of the molecule is CCC1(CC)Oc2cccc(F)c2O1. The highest BCUT2D eigenvalue weighted by atomic mass is 19.1. The third-order valence-electron chi connectivity index (χ3n) is 2.59. The highest BCUT2D eigenvalue weighted by Gasteiger charge is 2.39. The Labute approximate surface area is 82.6 Å². The molecular formula is C11H13FO2. The van der Waals surface area contributed by atoms with Crippen LogP contribution in [0.25, 0.3) is 0 Å². The molecule has 2 rings (SSSR count). The minimum atomic E-state index is -0.662. The standard InChI is InChI=1S/C11H13FO2/c1-3-11(4-2)13-9-7-5-6-8(12)10(9)14-11/h5-7H,3-4H2,1-2H3. The van der Waals surface area contributed by atoms with E-state index in [9.17, 15) is 4.39 Å². The van der Waals surface area contributed by atoms with Crippen molar-refractivity contribution in [2.75, 3.05) is 0 Å². The third kappa shape index (κ3) is 1.24. The number of ether oxygens (including phenoxy) is 2. The van der Waals surface area contributed by atoms with Gasteiger partial charge in [-0.2, -0.15) is 0 Å². The highest BCUT2D eigenvalue weighted by molar-refractivity contribution is 5.44. The molecule has 0 atom stereocenters. The fourth-order valence-electron chi connectivity index (χ4n) is 1.61. The van der Waals surface area contributed by atoms with E-state index in [1.165, 1.54) is 6.07 Å². The largest absolute Gasteiger partial charge is 0.448 e. The zero-order valence-electron chi connectivity index (χ0n) is 8.34. The van der Waals surface area contributed by atoms with Gasteiger partial charge in [0.25, 0.3) is 5.79 Å². The fraction of sp³-hybridized carbons (Fsp3) is 0.455. The van der Waals surface area contributed by atoms with E-state index in [-0.39, 0.29) is 11.6 Å². The van der Waals surface area contributed by atoms with Crippen molar-refractivity contribution in [1.82, 2.24) is 0 Å². The Morgan fingerprint density at radius 3 is 2.50 bits per heavy atom. The normalized spacial score (nSPS) is 17.1. The number of rotatable bonds is 2. The van der Waals surface area contributed by atoms with Crippen LogP contribution in [0, 0.1) is 5.82 Å². The van der Waals surface area contributed by atoms with E-state index in [1.54, 1.807) is 12.1 Å². The topological polar surface area (TPSA) is 18.5 Å². The summed E-state index contributed by atoms with van der Waals surface area (Å²) in [6.07, 6.45) is 1.41. The number of halogens is 1. The first-order valence-electron chi connectivity index (χ1n) is 4.87. The Bertz CT molecular complexity index is 345. The van der Waals surface area contributed by atoms with Crippen LogP contribution in [0.5, 0.6) is 11.5 Å². The van der Waals surface area contributed by atoms with Gasteiger partial charge in [0.1, 0.15) is 0 Å². The van der Waals surface area contributed by atoms with Crippen molar-refractivity contribution in [1.29, 1.82) is 0 Å². The molecule has 0 saturated heterocycles. The predicted octanol–water partition coefficient (Wildman–Crippen LogP) is 3.11.